The summed E-state index contributed by atoms with van der Waals surface area (Å²) in [5.41, 5.74) is 2.47. The van der Waals surface area contributed by atoms with E-state index in [0.29, 0.717) is 25.0 Å². The average Bonchev–Trinajstić information content (AvgIpc) is 2.97. The van der Waals surface area contributed by atoms with Gasteiger partial charge in [0.05, 0.1) is 17.7 Å². The zero-order chi connectivity index (χ0) is 15.3. The molecule has 0 radical (unpaired) electrons. The second-order valence-corrected chi connectivity index (χ2v) is 8.19. The molecule has 1 aliphatic rings. The van der Waals surface area contributed by atoms with Gasteiger partial charge in [0.25, 0.3) is 10.2 Å². The molecule has 1 aromatic rings. The summed E-state index contributed by atoms with van der Waals surface area (Å²) in [5, 5.41) is 5.28. The third-order valence-electron chi connectivity index (χ3n) is 3.65. The van der Waals surface area contributed by atoms with Gasteiger partial charge in [0.2, 0.25) is 0 Å². The first-order chi connectivity index (χ1) is 9.97. The van der Waals surface area contributed by atoms with Crippen molar-refractivity contribution < 1.29 is 8.42 Å². The van der Waals surface area contributed by atoms with Gasteiger partial charge < -0.3 is 5.32 Å². The number of rotatable bonds is 7. The molecule has 120 valence electrons. The van der Waals surface area contributed by atoms with Gasteiger partial charge in [-0.2, -0.15) is 17.4 Å². The zero-order valence-corrected chi connectivity index (χ0v) is 14.2. The number of nitrogens with zero attached hydrogens (tertiary/aromatic N) is 2. The van der Waals surface area contributed by atoms with Crippen molar-refractivity contribution in [2.45, 2.75) is 39.3 Å². The van der Waals surface area contributed by atoms with Crippen molar-refractivity contribution in [2.24, 2.45) is 5.92 Å². The molecule has 1 fully saturated rings. The van der Waals surface area contributed by atoms with E-state index < -0.39 is 10.2 Å². The molecule has 0 aliphatic carbocycles. The van der Waals surface area contributed by atoms with Crippen LogP contribution in [0.5, 0.6) is 0 Å². The van der Waals surface area contributed by atoms with Crippen LogP contribution in [-0.2, 0) is 16.8 Å². The number of thiazole rings is 1. The van der Waals surface area contributed by atoms with E-state index >= 15 is 0 Å². The number of nitrogens with one attached hydrogen (secondary N) is 2. The number of piperidine rings is 1. The number of aromatic nitrogens is 1. The molecular weight excluding hydrogens is 308 g/mol. The molecule has 1 aliphatic heterocycles. The molecule has 0 unspecified atom stereocenters. The van der Waals surface area contributed by atoms with Crippen molar-refractivity contribution >= 4 is 21.5 Å². The Labute approximate surface area is 131 Å². The standard InChI is InChI=1S/C13H24N4O2S2/c1-11(2)14-7-12-3-5-17(6-4-12)21(18,19)16-8-13-9-20-10-15-13/h9-12,14,16H,3-8H2,1-2H3. The zero-order valence-electron chi connectivity index (χ0n) is 12.6. The van der Waals surface area contributed by atoms with Crippen LogP contribution in [0, 0.1) is 5.92 Å². The fourth-order valence-corrected chi connectivity index (χ4v) is 4.10. The molecule has 0 bridgehead atoms. The quantitative estimate of drug-likeness (QED) is 0.786. The Morgan fingerprint density at radius 3 is 2.71 bits per heavy atom. The van der Waals surface area contributed by atoms with Gasteiger partial charge in [-0.15, -0.1) is 11.3 Å². The van der Waals surface area contributed by atoms with E-state index in [1.165, 1.54) is 11.3 Å². The summed E-state index contributed by atoms with van der Waals surface area (Å²) in [5.74, 6) is 0.567. The van der Waals surface area contributed by atoms with Crippen molar-refractivity contribution in [3.05, 3.63) is 16.6 Å². The van der Waals surface area contributed by atoms with Crippen LogP contribution in [0.3, 0.4) is 0 Å². The maximum absolute atomic E-state index is 12.2. The summed E-state index contributed by atoms with van der Waals surface area (Å²) in [6, 6.07) is 0.478. The van der Waals surface area contributed by atoms with Gasteiger partial charge in [-0.1, -0.05) is 13.8 Å². The van der Waals surface area contributed by atoms with E-state index in [-0.39, 0.29) is 6.54 Å². The van der Waals surface area contributed by atoms with E-state index in [9.17, 15) is 8.42 Å². The van der Waals surface area contributed by atoms with Gasteiger partial charge in [0.1, 0.15) is 0 Å². The van der Waals surface area contributed by atoms with Gasteiger partial charge in [0.15, 0.2) is 0 Å². The van der Waals surface area contributed by atoms with Crippen molar-refractivity contribution in [2.75, 3.05) is 19.6 Å². The summed E-state index contributed by atoms with van der Waals surface area (Å²) in [7, 11) is -3.39. The normalized spacial score (nSPS) is 18.4. The largest absolute Gasteiger partial charge is 0.314 e. The molecule has 8 heteroatoms. The molecule has 1 aromatic heterocycles. The van der Waals surface area contributed by atoms with Crippen LogP contribution >= 0.6 is 11.3 Å². The third kappa shape index (κ3) is 5.30. The van der Waals surface area contributed by atoms with E-state index in [0.717, 1.165) is 25.1 Å². The van der Waals surface area contributed by atoms with Crippen molar-refractivity contribution in [1.29, 1.82) is 0 Å². The van der Waals surface area contributed by atoms with Crippen LogP contribution in [0.2, 0.25) is 0 Å². The SMILES string of the molecule is CC(C)NCC1CCN(S(=O)(=O)NCc2cscn2)CC1. The highest BCUT2D eigenvalue weighted by molar-refractivity contribution is 7.87. The molecule has 6 nitrogen and oxygen atoms in total. The highest BCUT2D eigenvalue weighted by Crippen LogP contribution is 2.18. The molecule has 2 rings (SSSR count). The highest BCUT2D eigenvalue weighted by atomic mass is 32.2. The first-order valence-electron chi connectivity index (χ1n) is 7.32. The molecule has 2 heterocycles. The predicted octanol–water partition coefficient (Wildman–Crippen LogP) is 1.19. The maximum atomic E-state index is 12.2. The van der Waals surface area contributed by atoms with E-state index in [4.69, 9.17) is 0 Å². The van der Waals surface area contributed by atoms with Crippen molar-refractivity contribution in [1.82, 2.24) is 19.3 Å². The maximum Gasteiger partial charge on any atom is 0.279 e. The summed E-state index contributed by atoms with van der Waals surface area (Å²) >= 11 is 1.47. The Bertz CT molecular complexity index is 508. The van der Waals surface area contributed by atoms with Gasteiger partial charge in [0, 0.05) is 24.5 Å². The molecular formula is C13H24N4O2S2. The average molecular weight is 332 g/mol. The summed E-state index contributed by atoms with van der Waals surface area (Å²) in [6.45, 7) is 6.68. The summed E-state index contributed by atoms with van der Waals surface area (Å²) < 4.78 is 28.6. The highest BCUT2D eigenvalue weighted by Gasteiger charge is 2.27. The molecule has 0 aromatic carbocycles. The third-order valence-corrected chi connectivity index (χ3v) is 5.84. The van der Waals surface area contributed by atoms with E-state index in [1.54, 1.807) is 9.82 Å². The minimum absolute atomic E-state index is 0.265. The Kier molecular flexibility index (Phi) is 6.12. The van der Waals surface area contributed by atoms with E-state index in [1.807, 2.05) is 5.38 Å². The fourth-order valence-electron chi connectivity index (χ4n) is 2.34. The van der Waals surface area contributed by atoms with E-state index in [2.05, 4.69) is 28.9 Å². The Balaban J connectivity index is 1.77. The number of hydrogen-bond acceptors (Lipinski definition) is 5. The molecule has 0 spiro atoms. The lowest BCUT2D eigenvalue weighted by Gasteiger charge is -2.31. The van der Waals surface area contributed by atoms with Crippen LogP contribution in [0.1, 0.15) is 32.4 Å². The van der Waals surface area contributed by atoms with Gasteiger partial charge in [-0.05, 0) is 25.3 Å². The molecule has 0 atom stereocenters. The fraction of sp³-hybridized carbons (Fsp3) is 0.769. The Morgan fingerprint density at radius 1 is 1.43 bits per heavy atom. The first kappa shape index (κ1) is 16.8. The number of hydrogen-bond donors (Lipinski definition) is 2. The first-order valence-corrected chi connectivity index (χ1v) is 9.71. The van der Waals surface area contributed by atoms with Crippen LogP contribution in [0.15, 0.2) is 10.9 Å². The Hall–Kier alpha value is -0.540. The van der Waals surface area contributed by atoms with Gasteiger partial charge in [-0.3, -0.25) is 0 Å². The van der Waals surface area contributed by atoms with Crippen LogP contribution in [0.25, 0.3) is 0 Å². The summed E-state index contributed by atoms with van der Waals surface area (Å²) in [4.78, 5) is 4.08. The second kappa shape index (κ2) is 7.64. The monoisotopic (exact) mass is 332 g/mol. The van der Waals surface area contributed by atoms with Crippen molar-refractivity contribution in [3.8, 4) is 0 Å². The smallest absolute Gasteiger partial charge is 0.279 e. The van der Waals surface area contributed by atoms with Crippen LogP contribution < -0.4 is 10.0 Å². The minimum atomic E-state index is -3.39. The van der Waals surface area contributed by atoms with Gasteiger partial charge in [-0.25, -0.2) is 4.98 Å². The molecule has 0 amide bonds. The van der Waals surface area contributed by atoms with Crippen molar-refractivity contribution in [3.63, 3.8) is 0 Å². The molecule has 21 heavy (non-hydrogen) atoms. The lowest BCUT2D eigenvalue weighted by molar-refractivity contribution is 0.261. The molecule has 1 saturated heterocycles. The van der Waals surface area contributed by atoms with Crippen LogP contribution in [0.4, 0.5) is 0 Å². The predicted molar refractivity (Wildman–Crippen MR) is 85.3 cm³/mol. The minimum Gasteiger partial charge on any atom is -0.314 e. The lowest BCUT2D eigenvalue weighted by Crippen LogP contribution is -2.46. The molecule has 2 N–H and O–H groups in total. The second-order valence-electron chi connectivity index (χ2n) is 5.71. The van der Waals surface area contributed by atoms with Crippen LogP contribution in [-0.4, -0.2) is 43.4 Å². The Morgan fingerprint density at radius 2 is 2.14 bits per heavy atom. The summed E-state index contributed by atoms with van der Waals surface area (Å²) in [6.07, 6.45) is 1.83. The van der Waals surface area contributed by atoms with Gasteiger partial charge >= 0.3 is 0 Å². The molecule has 0 saturated carbocycles. The topological polar surface area (TPSA) is 74.3 Å². The lowest BCUT2D eigenvalue weighted by atomic mass is 9.98.